The molecule has 18 nitrogen and oxygen atoms in total. The lowest BCUT2D eigenvalue weighted by Gasteiger charge is -2.24. The van der Waals surface area contributed by atoms with Gasteiger partial charge in [0.1, 0.15) is 22.8 Å². The summed E-state index contributed by atoms with van der Waals surface area (Å²) in [6.45, 7) is 15.7. The zero-order chi connectivity index (χ0) is 75.4. The van der Waals surface area contributed by atoms with E-state index in [1.165, 1.54) is 72.8 Å². The van der Waals surface area contributed by atoms with Gasteiger partial charge in [-0.3, -0.25) is 33.6 Å². The average Bonchev–Trinajstić information content (AvgIpc) is 0.807. The SMILES string of the molecule is CCCCCCCCN(CCCCCCCC)C(=O)c1cc(N)c(F)c(NC(=O)c2cccc(C(=O)Nc3cc(C(=O)N(CCCCCCCC)CCCCCCCC)cc(NC(=O)c4cccc(C(=O)Nc5cc(C(=O)N(CCCCCCCC)CCCCCCCC)cc(N)c5F)n4)c3F)n2)c1. The first-order chi connectivity index (χ1) is 50.4. The highest BCUT2D eigenvalue weighted by Gasteiger charge is 2.27. The Bertz CT molecular complexity index is 3230. The first-order valence-corrected chi connectivity index (χ1v) is 39.5. The van der Waals surface area contributed by atoms with Crippen LogP contribution < -0.4 is 32.7 Å². The number of pyridine rings is 2. The monoisotopic (exact) mass is 1440 g/mol. The second kappa shape index (κ2) is 49.4. The number of carbonyl (C=O) groups excluding carboxylic acids is 7. The number of nitrogens with zero attached hydrogens (tertiary/aromatic N) is 5. The molecule has 2 heterocycles. The maximum Gasteiger partial charge on any atom is 0.274 e. The number of hydrogen-bond donors (Lipinski definition) is 6. The Morgan fingerprint density at radius 2 is 0.490 bits per heavy atom. The van der Waals surface area contributed by atoms with E-state index in [0.29, 0.717) is 52.1 Å². The molecule has 2 aromatic heterocycles. The summed E-state index contributed by atoms with van der Waals surface area (Å²) in [5, 5.41) is 9.98. The van der Waals surface area contributed by atoms with Crippen LogP contribution in [-0.2, 0) is 0 Å². The van der Waals surface area contributed by atoms with Gasteiger partial charge in [0.15, 0.2) is 17.5 Å². The summed E-state index contributed by atoms with van der Waals surface area (Å²) in [5.74, 6) is -8.27. The van der Waals surface area contributed by atoms with Gasteiger partial charge in [0.05, 0.1) is 34.1 Å². The van der Waals surface area contributed by atoms with Crippen molar-refractivity contribution in [2.24, 2.45) is 0 Å². The standard InChI is InChI=1S/C83H122F3N11O7/c1-7-13-19-25-31-37-49-95(50-38-32-26-20-14-8-2)81(102)61-55-64(87)74(84)70(57-61)91-77(98)66-45-43-47-68(89-66)79(100)93-72-59-63(83(104)97(53-41-35-29-23-17-11-5)54-42-36-30-24-18-12-6)60-73(76(72)86)94-80(101)69-48-44-46-67(90-69)78(99)92-71-58-62(56-65(88)75(71)85)82(103)96(51-39-33-27-21-15-9-3)52-40-34-28-22-16-10-4/h43-48,55-60H,7-42,49-54,87-88H2,1-6H3,(H,91,98)(H,92,99)(H,93,100)(H,94,101). The van der Waals surface area contributed by atoms with Crippen molar-refractivity contribution in [2.75, 3.05) is 72.0 Å². The fourth-order valence-corrected chi connectivity index (χ4v) is 12.8. The maximum absolute atomic E-state index is 17.3. The first kappa shape index (κ1) is 86.3. The Balaban J connectivity index is 1.44. The van der Waals surface area contributed by atoms with E-state index in [1.54, 1.807) is 14.7 Å². The van der Waals surface area contributed by atoms with Gasteiger partial charge in [-0.25, -0.2) is 23.1 Å². The Morgan fingerprint density at radius 1 is 0.298 bits per heavy atom. The largest absolute Gasteiger partial charge is 0.396 e. The fourth-order valence-electron chi connectivity index (χ4n) is 12.8. The molecule has 0 radical (unpaired) electrons. The minimum absolute atomic E-state index is 0.0824. The van der Waals surface area contributed by atoms with E-state index in [9.17, 15) is 33.6 Å². The van der Waals surface area contributed by atoms with Crippen LogP contribution in [0.3, 0.4) is 0 Å². The number of anilines is 6. The summed E-state index contributed by atoms with van der Waals surface area (Å²) in [6, 6.07) is 15.1. The molecule has 3 aromatic carbocycles. The molecule has 0 unspecified atom stereocenters. The van der Waals surface area contributed by atoms with Gasteiger partial charge in [-0.15, -0.1) is 0 Å². The van der Waals surface area contributed by atoms with Crippen molar-refractivity contribution in [1.82, 2.24) is 24.7 Å². The number of carbonyl (C=O) groups is 7. The lowest BCUT2D eigenvalue weighted by molar-refractivity contribution is 0.0741. The third-order valence-electron chi connectivity index (χ3n) is 19.0. The van der Waals surface area contributed by atoms with Crippen LogP contribution in [0.25, 0.3) is 0 Å². The number of halogens is 3. The summed E-state index contributed by atoms with van der Waals surface area (Å²) < 4.78 is 49.1. The van der Waals surface area contributed by atoms with Gasteiger partial charge in [-0.05, 0) is 99.2 Å². The molecule has 0 saturated carbocycles. The van der Waals surface area contributed by atoms with Crippen LogP contribution in [0, 0.1) is 17.5 Å². The van der Waals surface area contributed by atoms with Crippen LogP contribution in [0.15, 0.2) is 72.8 Å². The highest BCUT2D eigenvalue weighted by atomic mass is 19.1. The fraction of sp³-hybridized carbons (Fsp3) is 0.578. The van der Waals surface area contributed by atoms with Gasteiger partial charge in [-0.1, -0.05) is 246 Å². The van der Waals surface area contributed by atoms with Crippen molar-refractivity contribution in [3.8, 4) is 0 Å². The number of benzene rings is 3. The van der Waals surface area contributed by atoms with E-state index in [4.69, 9.17) is 11.5 Å². The molecule has 7 amide bonds. The predicted molar refractivity (Wildman–Crippen MR) is 416 cm³/mol. The quantitative estimate of drug-likeness (QED) is 0.0158. The van der Waals surface area contributed by atoms with Crippen molar-refractivity contribution in [1.29, 1.82) is 0 Å². The molecule has 572 valence electrons. The zero-order valence-corrected chi connectivity index (χ0v) is 63.5. The highest BCUT2D eigenvalue weighted by Crippen LogP contribution is 2.31. The number of nitrogens with one attached hydrogen (secondary N) is 4. The molecule has 21 heteroatoms. The van der Waals surface area contributed by atoms with Gasteiger partial charge in [0.25, 0.3) is 41.4 Å². The number of amides is 7. The van der Waals surface area contributed by atoms with Crippen LogP contribution in [0.4, 0.5) is 47.3 Å². The van der Waals surface area contributed by atoms with E-state index >= 15 is 13.2 Å². The van der Waals surface area contributed by atoms with Crippen LogP contribution in [-0.4, -0.2) is 105 Å². The summed E-state index contributed by atoms with van der Waals surface area (Å²) in [4.78, 5) is 114. The summed E-state index contributed by atoms with van der Waals surface area (Å²) in [5.41, 5.74) is 8.42. The lowest BCUT2D eigenvalue weighted by atomic mass is 10.1. The molecule has 104 heavy (non-hydrogen) atoms. The third kappa shape index (κ3) is 30.0. The number of nitrogens with two attached hydrogens (primary N) is 2. The van der Waals surface area contributed by atoms with Crippen molar-refractivity contribution < 1.29 is 46.7 Å². The third-order valence-corrected chi connectivity index (χ3v) is 19.0. The number of unbranched alkanes of at least 4 members (excludes halogenated alkanes) is 30. The maximum atomic E-state index is 17.3. The van der Waals surface area contributed by atoms with Gasteiger partial charge in [0, 0.05) is 56.0 Å². The van der Waals surface area contributed by atoms with Crippen molar-refractivity contribution >= 4 is 75.5 Å². The minimum atomic E-state index is -1.18. The molecule has 5 aromatic rings. The Labute approximate surface area is 618 Å². The first-order valence-electron chi connectivity index (χ1n) is 39.5. The number of rotatable bonds is 53. The molecule has 0 spiro atoms. The van der Waals surface area contributed by atoms with Gasteiger partial charge in [0.2, 0.25) is 0 Å². The van der Waals surface area contributed by atoms with Crippen LogP contribution >= 0.6 is 0 Å². The second-order valence-corrected chi connectivity index (χ2v) is 27.9. The van der Waals surface area contributed by atoms with Crippen LogP contribution in [0.5, 0.6) is 0 Å². The van der Waals surface area contributed by atoms with Gasteiger partial charge in [-0.2, -0.15) is 0 Å². The molecule has 0 aliphatic carbocycles. The second-order valence-electron chi connectivity index (χ2n) is 27.9. The van der Waals surface area contributed by atoms with Crippen molar-refractivity contribution in [3.63, 3.8) is 0 Å². The van der Waals surface area contributed by atoms with Crippen molar-refractivity contribution in [3.05, 3.63) is 130 Å². The van der Waals surface area contributed by atoms with E-state index in [0.717, 1.165) is 218 Å². The number of hydrogen-bond acceptors (Lipinski definition) is 11. The summed E-state index contributed by atoms with van der Waals surface area (Å²) >= 11 is 0. The van der Waals surface area contributed by atoms with Crippen LogP contribution in [0.1, 0.15) is 346 Å². The molecule has 8 N–H and O–H groups in total. The molecular formula is C83H122F3N11O7. The Kier molecular flexibility index (Phi) is 41.0. The molecule has 0 saturated heterocycles. The average molecular weight is 1440 g/mol. The Hall–Kier alpha value is -8.36. The predicted octanol–water partition coefficient (Wildman–Crippen LogP) is 20.6. The molecule has 0 aliphatic rings. The lowest BCUT2D eigenvalue weighted by Crippen LogP contribution is -2.33. The number of aromatic nitrogens is 2. The molecule has 0 atom stereocenters. The van der Waals surface area contributed by atoms with E-state index in [-0.39, 0.29) is 74.0 Å². The molecule has 0 bridgehead atoms. The molecule has 0 fully saturated rings. The summed E-state index contributed by atoms with van der Waals surface area (Å²) in [7, 11) is 0. The normalized spacial score (nSPS) is 11.2. The van der Waals surface area contributed by atoms with Gasteiger partial charge < -0.3 is 47.4 Å². The Morgan fingerprint density at radius 3 is 0.712 bits per heavy atom. The van der Waals surface area contributed by atoms with E-state index < -0.39 is 58.4 Å². The topological polar surface area (TPSA) is 255 Å². The molecule has 0 aliphatic heterocycles. The molecular weight excluding hydrogens is 1320 g/mol. The van der Waals surface area contributed by atoms with E-state index in [1.807, 2.05) is 0 Å². The van der Waals surface area contributed by atoms with E-state index in [2.05, 4.69) is 72.8 Å². The van der Waals surface area contributed by atoms with Crippen molar-refractivity contribution in [2.45, 2.75) is 273 Å². The van der Waals surface area contributed by atoms with Gasteiger partial charge >= 0.3 is 0 Å². The van der Waals surface area contributed by atoms with Crippen LogP contribution in [0.2, 0.25) is 0 Å². The zero-order valence-electron chi connectivity index (χ0n) is 63.5. The minimum Gasteiger partial charge on any atom is -0.396 e. The molecule has 5 rings (SSSR count). The smallest absolute Gasteiger partial charge is 0.274 e. The summed E-state index contributed by atoms with van der Waals surface area (Å²) in [6.07, 6.45) is 36.3. The highest BCUT2D eigenvalue weighted by molar-refractivity contribution is 6.10. The number of nitrogen functional groups attached to an aromatic ring is 2.